The lowest BCUT2D eigenvalue weighted by Crippen LogP contribution is -2.19. The molecule has 0 amide bonds. The minimum absolute atomic E-state index is 0.268. The second-order valence-electron chi connectivity index (χ2n) is 3.48. The van der Waals surface area contributed by atoms with Gasteiger partial charge in [0.15, 0.2) is 0 Å². The van der Waals surface area contributed by atoms with Crippen LogP contribution in [0.15, 0.2) is 24.4 Å². The maximum atomic E-state index is 5.78. The van der Waals surface area contributed by atoms with E-state index in [1.165, 1.54) is 0 Å². The van der Waals surface area contributed by atoms with Crippen LogP contribution in [0.3, 0.4) is 0 Å². The summed E-state index contributed by atoms with van der Waals surface area (Å²) >= 11 is 0. The van der Waals surface area contributed by atoms with E-state index < -0.39 is 0 Å². The van der Waals surface area contributed by atoms with Gasteiger partial charge in [-0.25, -0.2) is 4.98 Å². The Morgan fingerprint density at radius 3 is 2.92 bits per heavy atom. The Kier molecular flexibility index (Phi) is 2.45. The van der Waals surface area contributed by atoms with Crippen molar-refractivity contribution in [3.63, 3.8) is 0 Å². The van der Waals surface area contributed by atoms with Crippen molar-refractivity contribution >= 4 is 0 Å². The molecule has 0 unspecified atom stereocenters. The molecule has 0 aromatic carbocycles. The van der Waals surface area contributed by atoms with Crippen molar-refractivity contribution in [1.29, 1.82) is 0 Å². The number of nitrogens with zero attached hydrogens (tertiary/aromatic N) is 1. The summed E-state index contributed by atoms with van der Waals surface area (Å²) < 4.78 is 5.65. The van der Waals surface area contributed by atoms with Gasteiger partial charge >= 0.3 is 0 Å². The quantitative estimate of drug-likeness (QED) is 0.743. The zero-order valence-corrected chi connectivity index (χ0v) is 7.52. The molecule has 2 atom stereocenters. The van der Waals surface area contributed by atoms with E-state index in [0.29, 0.717) is 11.9 Å². The SMILES string of the molecule is N[C@@H]1CC[C@@H](Oc2ccccn2)C1. The largest absolute Gasteiger partial charge is 0.474 e. The van der Waals surface area contributed by atoms with E-state index in [2.05, 4.69) is 4.98 Å². The molecule has 1 aliphatic carbocycles. The zero-order valence-electron chi connectivity index (χ0n) is 7.52. The third kappa shape index (κ3) is 2.18. The van der Waals surface area contributed by atoms with Crippen LogP contribution in [0.4, 0.5) is 0 Å². The van der Waals surface area contributed by atoms with Crippen molar-refractivity contribution in [3.8, 4) is 5.88 Å². The summed E-state index contributed by atoms with van der Waals surface area (Å²) in [7, 11) is 0. The van der Waals surface area contributed by atoms with Gasteiger partial charge in [-0.1, -0.05) is 6.07 Å². The number of hydrogen-bond acceptors (Lipinski definition) is 3. The van der Waals surface area contributed by atoms with E-state index >= 15 is 0 Å². The van der Waals surface area contributed by atoms with Crippen LogP contribution in [0.1, 0.15) is 19.3 Å². The lowest BCUT2D eigenvalue weighted by molar-refractivity contribution is 0.200. The maximum Gasteiger partial charge on any atom is 0.213 e. The number of nitrogens with two attached hydrogens (primary N) is 1. The predicted octanol–water partition coefficient (Wildman–Crippen LogP) is 1.34. The van der Waals surface area contributed by atoms with Crippen LogP contribution >= 0.6 is 0 Å². The van der Waals surface area contributed by atoms with Gasteiger partial charge in [0.25, 0.3) is 0 Å². The molecular weight excluding hydrogens is 164 g/mol. The van der Waals surface area contributed by atoms with Crippen LogP contribution < -0.4 is 10.5 Å². The fraction of sp³-hybridized carbons (Fsp3) is 0.500. The van der Waals surface area contributed by atoms with E-state index in [0.717, 1.165) is 19.3 Å². The molecule has 0 spiro atoms. The van der Waals surface area contributed by atoms with Gasteiger partial charge in [-0.2, -0.15) is 0 Å². The van der Waals surface area contributed by atoms with Gasteiger partial charge in [-0.15, -0.1) is 0 Å². The Hall–Kier alpha value is -1.09. The van der Waals surface area contributed by atoms with Gasteiger partial charge in [-0.05, 0) is 25.3 Å². The maximum absolute atomic E-state index is 5.78. The smallest absolute Gasteiger partial charge is 0.213 e. The number of hydrogen-bond donors (Lipinski definition) is 1. The van der Waals surface area contributed by atoms with Crippen molar-refractivity contribution in [2.75, 3.05) is 0 Å². The first-order valence-corrected chi connectivity index (χ1v) is 4.68. The highest BCUT2D eigenvalue weighted by molar-refractivity contribution is 5.10. The van der Waals surface area contributed by atoms with E-state index in [1.807, 2.05) is 18.2 Å². The summed E-state index contributed by atoms with van der Waals surface area (Å²) in [6.45, 7) is 0. The summed E-state index contributed by atoms with van der Waals surface area (Å²) in [6.07, 6.45) is 5.08. The molecule has 2 N–H and O–H groups in total. The Morgan fingerprint density at radius 1 is 1.38 bits per heavy atom. The second kappa shape index (κ2) is 3.75. The van der Waals surface area contributed by atoms with Gasteiger partial charge in [0.1, 0.15) is 6.10 Å². The topological polar surface area (TPSA) is 48.1 Å². The van der Waals surface area contributed by atoms with Gasteiger partial charge in [-0.3, -0.25) is 0 Å². The lowest BCUT2D eigenvalue weighted by Gasteiger charge is -2.11. The minimum atomic E-state index is 0.268. The van der Waals surface area contributed by atoms with Gasteiger partial charge in [0.2, 0.25) is 5.88 Å². The van der Waals surface area contributed by atoms with E-state index in [4.69, 9.17) is 10.5 Å². The lowest BCUT2D eigenvalue weighted by atomic mass is 10.3. The van der Waals surface area contributed by atoms with Gasteiger partial charge in [0.05, 0.1) is 0 Å². The molecular formula is C10H14N2O. The highest BCUT2D eigenvalue weighted by Gasteiger charge is 2.23. The van der Waals surface area contributed by atoms with Crippen molar-refractivity contribution in [2.45, 2.75) is 31.4 Å². The summed E-state index contributed by atoms with van der Waals surface area (Å²) in [4.78, 5) is 4.10. The van der Waals surface area contributed by atoms with Crippen LogP contribution in [0.5, 0.6) is 5.88 Å². The van der Waals surface area contributed by atoms with Crippen molar-refractivity contribution in [3.05, 3.63) is 24.4 Å². The molecule has 1 heterocycles. The average molecular weight is 178 g/mol. The van der Waals surface area contributed by atoms with Crippen molar-refractivity contribution in [1.82, 2.24) is 4.98 Å². The first-order valence-electron chi connectivity index (χ1n) is 4.68. The standard InChI is InChI=1S/C10H14N2O/c11-8-4-5-9(7-8)13-10-3-1-2-6-12-10/h1-3,6,8-9H,4-5,7,11H2/t8-,9-/m1/s1. The number of ether oxygens (including phenoxy) is 1. The van der Waals surface area contributed by atoms with Crippen molar-refractivity contribution < 1.29 is 4.74 Å². The molecule has 0 aliphatic heterocycles. The molecule has 1 aromatic rings. The zero-order chi connectivity index (χ0) is 9.10. The third-order valence-corrected chi connectivity index (χ3v) is 2.35. The summed E-state index contributed by atoms with van der Waals surface area (Å²) in [5.74, 6) is 0.710. The normalized spacial score (nSPS) is 27.5. The summed E-state index contributed by atoms with van der Waals surface area (Å²) in [6, 6.07) is 6.00. The van der Waals surface area contributed by atoms with Crippen LogP contribution in [0.25, 0.3) is 0 Å². The molecule has 1 saturated carbocycles. The van der Waals surface area contributed by atoms with Gasteiger partial charge < -0.3 is 10.5 Å². The molecule has 3 heteroatoms. The molecule has 1 fully saturated rings. The third-order valence-electron chi connectivity index (χ3n) is 2.35. The molecule has 3 nitrogen and oxygen atoms in total. The number of rotatable bonds is 2. The van der Waals surface area contributed by atoms with Crippen LogP contribution in [0, 0.1) is 0 Å². The molecule has 1 aromatic heterocycles. The first-order chi connectivity index (χ1) is 6.34. The highest BCUT2D eigenvalue weighted by atomic mass is 16.5. The van der Waals surface area contributed by atoms with E-state index in [9.17, 15) is 0 Å². The molecule has 70 valence electrons. The fourth-order valence-electron chi connectivity index (χ4n) is 1.67. The summed E-state index contributed by atoms with van der Waals surface area (Å²) in [5.41, 5.74) is 5.78. The van der Waals surface area contributed by atoms with Gasteiger partial charge in [0, 0.05) is 18.3 Å². The van der Waals surface area contributed by atoms with Crippen LogP contribution in [0.2, 0.25) is 0 Å². The number of aromatic nitrogens is 1. The molecule has 13 heavy (non-hydrogen) atoms. The van der Waals surface area contributed by atoms with Crippen LogP contribution in [-0.4, -0.2) is 17.1 Å². The average Bonchev–Trinajstić information content (AvgIpc) is 2.53. The highest BCUT2D eigenvalue weighted by Crippen LogP contribution is 2.21. The Balaban J connectivity index is 1.92. The predicted molar refractivity (Wildman–Crippen MR) is 50.5 cm³/mol. The minimum Gasteiger partial charge on any atom is -0.474 e. The van der Waals surface area contributed by atoms with E-state index in [1.54, 1.807) is 6.20 Å². The Morgan fingerprint density at radius 2 is 2.31 bits per heavy atom. The molecule has 2 rings (SSSR count). The van der Waals surface area contributed by atoms with Crippen LogP contribution in [-0.2, 0) is 0 Å². The number of pyridine rings is 1. The van der Waals surface area contributed by atoms with Crippen molar-refractivity contribution in [2.24, 2.45) is 5.73 Å². The summed E-state index contributed by atoms with van der Waals surface area (Å²) in [5, 5.41) is 0. The first kappa shape index (κ1) is 8.51. The Labute approximate surface area is 77.9 Å². The monoisotopic (exact) mass is 178 g/mol. The molecule has 0 saturated heterocycles. The fourth-order valence-corrected chi connectivity index (χ4v) is 1.67. The second-order valence-corrected chi connectivity index (χ2v) is 3.48. The molecule has 1 aliphatic rings. The Bertz CT molecular complexity index is 263. The van der Waals surface area contributed by atoms with E-state index in [-0.39, 0.29) is 6.10 Å². The molecule has 0 radical (unpaired) electrons. The molecule has 0 bridgehead atoms.